The molecule has 0 unspecified atom stereocenters. The van der Waals surface area contributed by atoms with E-state index in [4.69, 9.17) is 0 Å². The molecule has 118 valence electrons. The van der Waals surface area contributed by atoms with Crippen LogP contribution in [0.5, 0.6) is 0 Å². The van der Waals surface area contributed by atoms with Gasteiger partial charge in [-0.15, -0.1) is 0 Å². The van der Waals surface area contributed by atoms with Crippen LogP contribution in [0.15, 0.2) is 24.3 Å². The van der Waals surface area contributed by atoms with E-state index in [1.54, 1.807) is 0 Å². The molecule has 1 saturated carbocycles. The SMILES string of the molecule is CC(C)CNCCc1ccc(CN(C)C2CCCC2)cc1. The summed E-state index contributed by atoms with van der Waals surface area (Å²) in [6.07, 6.45) is 6.73. The van der Waals surface area contributed by atoms with E-state index in [0.717, 1.165) is 38.0 Å². The van der Waals surface area contributed by atoms with E-state index in [9.17, 15) is 0 Å². The van der Waals surface area contributed by atoms with Crippen molar-refractivity contribution < 1.29 is 0 Å². The topological polar surface area (TPSA) is 15.3 Å². The fourth-order valence-electron chi connectivity index (χ4n) is 3.20. The van der Waals surface area contributed by atoms with Crippen molar-refractivity contribution in [3.05, 3.63) is 35.4 Å². The summed E-state index contributed by atoms with van der Waals surface area (Å²) in [5, 5.41) is 3.51. The normalized spacial score (nSPS) is 16.2. The Balaban J connectivity index is 1.73. The third-order valence-corrected chi connectivity index (χ3v) is 4.55. The first-order valence-corrected chi connectivity index (χ1v) is 8.64. The molecule has 1 aliphatic rings. The molecule has 2 nitrogen and oxygen atoms in total. The fourth-order valence-corrected chi connectivity index (χ4v) is 3.20. The first kappa shape index (κ1) is 16.5. The summed E-state index contributed by atoms with van der Waals surface area (Å²) in [6, 6.07) is 10.0. The Labute approximate surface area is 130 Å². The number of benzene rings is 1. The minimum atomic E-state index is 0.735. The van der Waals surface area contributed by atoms with E-state index in [0.29, 0.717) is 0 Å². The van der Waals surface area contributed by atoms with E-state index in [2.05, 4.69) is 55.4 Å². The molecule has 0 atom stereocenters. The van der Waals surface area contributed by atoms with Gasteiger partial charge >= 0.3 is 0 Å². The number of nitrogens with one attached hydrogen (secondary N) is 1. The molecule has 0 aliphatic heterocycles. The molecule has 0 spiro atoms. The Morgan fingerprint density at radius 1 is 1.10 bits per heavy atom. The van der Waals surface area contributed by atoms with Gasteiger partial charge in [-0.2, -0.15) is 0 Å². The van der Waals surface area contributed by atoms with Gasteiger partial charge in [0.25, 0.3) is 0 Å². The Morgan fingerprint density at radius 3 is 2.33 bits per heavy atom. The van der Waals surface area contributed by atoms with Crippen molar-refractivity contribution in [2.45, 2.75) is 58.5 Å². The molecule has 1 fully saturated rings. The third-order valence-electron chi connectivity index (χ3n) is 4.55. The highest BCUT2D eigenvalue weighted by Gasteiger charge is 2.19. The quantitative estimate of drug-likeness (QED) is 0.731. The molecule has 0 radical (unpaired) electrons. The first-order valence-electron chi connectivity index (χ1n) is 8.64. The van der Waals surface area contributed by atoms with Crippen LogP contribution in [0, 0.1) is 5.92 Å². The summed E-state index contributed by atoms with van der Waals surface area (Å²) >= 11 is 0. The molecule has 0 amide bonds. The van der Waals surface area contributed by atoms with Gasteiger partial charge in [0, 0.05) is 12.6 Å². The summed E-state index contributed by atoms with van der Waals surface area (Å²) in [5.41, 5.74) is 2.89. The van der Waals surface area contributed by atoms with Gasteiger partial charge in [-0.25, -0.2) is 0 Å². The van der Waals surface area contributed by atoms with Crippen LogP contribution in [0.2, 0.25) is 0 Å². The maximum atomic E-state index is 3.51. The number of hydrogen-bond acceptors (Lipinski definition) is 2. The standard InChI is InChI=1S/C19H32N2/c1-16(2)14-20-13-12-17-8-10-18(11-9-17)15-21(3)19-6-4-5-7-19/h8-11,16,19-20H,4-7,12-15H2,1-3H3. The van der Waals surface area contributed by atoms with Gasteiger partial charge in [-0.3, -0.25) is 4.90 Å². The summed E-state index contributed by atoms with van der Waals surface area (Å²) < 4.78 is 0. The molecule has 0 aromatic heterocycles. The maximum absolute atomic E-state index is 3.51. The van der Waals surface area contributed by atoms with Gasteiger partial charge in [-0.05, 0) is 56.4 Å². The van der Waals surface area contributed by atoms with Gasteiger partial charge in [0.05, 0.1) is 0 Å². The molecule has 1 aromatic rings. The first-order chi connectivity index (χ1) is 10.1. The lowest BCUT2D eigenvalue weighted by atomic mass is 10.1. The van der Waals surface area contributed by atoms with E-state index in [-0.39, 0.29) is 0 Å². The second kappa shape index (κ2) is 8.55. The minimum absolute atomic E-state index is 0.735. The zero-order valence-electron chi connectivity index (χ0n) is 14.1. The number of nitrogens with zero attached hydrogens (tertiary/aromatic N) is 1. The Bertz CT molecular complexity index is 391. The van der Waals surface area contributed by atoms with Crippen LogP contribution in [0.3, 0.4) is 0 Å². The van der Waals surface area contributed by atoms with Crippen LogP contribution < -0.4 is 5.32 Å². The number of hydrogen-bond donors (Lipinski definition) is 1. The highest BCUT2D eigenvalue weighted by molar-refractivity contribution is 5.22. The lowest BCUT2D eigenvalue weighted by Gasteiger charge is -2.24. The van der Waals surface area contributed by atoms with Crippen molar-refractivity contribution in [1.29, 1.82) is 0 Å². The molecule has 1 N–H and O–H groups in total. The Hall–Kier alpha value is -0.860. The van der Waals surface area contributed by atoms with Gasteiger partial charge in [-0.1, -0.05) is 51.0 Å². The van der Waals surface area contributed by atoms with Crippen LogP contribution in [0.1, 0.15) is 50.7 Å². The van der Waals surface area contributed by atoms with Crippen molar-refractivity contribution in [3.8, 4) is 0 Å². The zero-order chi connectivity index (χ0) is 15.1. The monoisotopic (exact) mass is 288 g/mol. The van der Waals surface area contributed by atoms with Crippen LogP contribution in [0.25, 0.3) is 0 Å². The number of rotatable bonds is 8. The van der Waals surface area contributed by atoms with Gasteiger partial charge in [0.1, 0.15) is 0 Å². The molecule has 1 aliphatic carbocycles. The van der Waals surface area contributed by atoms with Crippen molar-refractivity contribution in [2.24, 2.45) is 5.92 Å². The molecular weight excluding hydrogens is 256 g/mol. The molecule has 21 heavy (non-hydrogen) atoms. The minimum Gasteiger partial charge on any atom is -0.316 e. The largest absolute Gasteiger partial charge is 0.316 e. The van der Waals surface area contributed by atoms with Gasteiger partial charge in [0.2, 0.25) is 0 Å². The Kier molecular flexibility index (Phi) is 6.72. The predicted molar refractivity (Wildman–Crippen MR) is 91.6 cm³/mol. The Morgan fingerprint density at radius 2 is 1.71 bits per heavy atom. The highest BCUT2D eigenvalue weighted by atomic mass is 15.1. The second-order valence-electron chi connectivity index (χ2n) is 7.02. The molecular formula is C19H32N2. The van der Waals surface area contributed by atoms with Crippen LogP contribution in [-0.2, 0) is 13.0 Å². The van der Waals surface area contributed by atoms with E-state index in [1.165, 1.54) is 36.8 Å². The smallest absolute Gasteiger partial charge is 0.0233 e. The average Bonchev–Trinajstić information content (AvgIpc) is 2.99. The van der Waals surface area contributed by atoms with Crippen molar-refractivity contribution in [3.63, 3.8) is 0 Å². The predicted octanol–water partition coefficient (Wildman–Crippen LogP) is 3.85. The van der Waals surface area contributed by atoms with E-state index in [1.807, 2.05) is 0 Å². The van der Waals surface area contributed by atoms with Crippen LogP contribution >= 0.6 is 0 Å². The summed E-state index contributed by atoms with van der Waals surface area (Å²) in [4.78, 5) is 2.53. The van der Waals surface area contributed by atoms with Gasteiger partial charge in [0.15, 0.2) is 0 Å². The molecule has 2 rings (SSSR count). The molecule has 1 aromatic carbocycles. The van der Waals surface area contributed by atoms with Gasteiger partial charge < -0.3 is 5.32 Å². The summed E-state index contributed by atoms with van der Waals surface area (Å²) in [6.45, 7) is 7.80. The highest BCUT2D eigenvalue weighted by Crippen LogP contribution is 2.23. The fraction of sp³-hybridized carbons (Fsp3) is 0.684. The van der Waals surface area contributed by atoms with Crippen molar-refractivity contribution >= 4 is 0 Å². The zero-order valence-corrected chi connectivity index (χ0v) is 14.1. The van der Waals surface area contributed by atoms with E-state index < -0.39 is 0 Å². The molecule has 2 heteroatoms. The van der Waals surface area contributed by atoms with Crippen LogP contribution in [0.4, 0.5) is 0 Å². The third kappa shape index (κ3) is 5.80. The summed E-state index contributed by atoms with van der Waals surface area (Å²) in [7, 11) is 2.28. The molecule has 0 heterocycles. The van der Waals surface area contributed by atoms with Crippen molar-refractivity contribution in [2.75, 3.05) is 20.1 Å². The lowest BCUT2D eigenvalue weighted by Crippen LogP contribution is -2.28. The van der Waals surface area contributed by atoms with E-state index >= 15 is 0 Å². The molecule has 0 bridgehead atoms. The second-order valence-corrected chi connectivity index (χ2v) is 7.02. The van der Waals surface area contributed by atoms with Crippen molar-refractivity contribution in [1.82, 2.24) is 10.2 Å². The average molecular weight is 288 g/mol. The maximum Gasteiger partial charge on any atom is 0.0233 e. The summed E-state index contributed by atoms with van der Waals surface area (Å²) in [5.74, 6) is 0.735. The van der Waals surface area contributed by atoms with Crippen LogP contribution in [-0.4, -0.2) is 31.1 Å². The lowest BCUT2D eigenvalue weighted by molar-refractivity contribution is 0.237. The molecule has 0 saturated heterocycles.